The van der Waals surface area contributed by atoms with Gasteiger partial charge in [-0.05, 0) is 67.1 Å². The van der Waals surface area contributed by atoms with Crippen molar-refractivity contribution >= 4 is 34.8 Å². The molecule has 8 heteroatoms. The Labute approximate surface area is 182 Å². The van der Waals surface area contributed by atoms with Crippen LogP contribution in [-0.4, -0.2) is 20.7 Å². The van der Waals surface area contributed by atoms with Gasteiger partial charge in [-0.2, -0.15) is 0 Å². The number of benzene rings is 3. The lowest BCUT2D eigenvalue weighted by molar-refractivity contribution is 0.101. The first kappa shape index (κ1) is 20.1. The summed E-state index contributed by atoms with van der Waals surface area (Å²) in [6.07, 6.45) is 0. The van der Waals surface area contributed by atoms with Crippen molar-refractivity contribution in [3.05, 3.63) is 94.0 Å². The van der Waals surface area contributed by atoms with Crippen LogP contribution in [0.5, 0.6) is 0 Å². The average molecular weight is 441 g/mol. The van der Waals surface area contributed by atoms with Gasteiger partial charge in [0.2, 0.25) is 5.82 Å². The first-order valence-corrected chi connectivity index (χ1v) is 9.73. The van der Waals surface area contributed by atoms with Crippen LogP contribution in [0.1, 0.15) is 16.2 Å². The third-order valence-electron chi connectivity index (χ3n) is 4.44. The molecule has 0 bridgehead atoms. The maximum absolute atomic E-state index is 13.4. The number of aryl methyl sites for hydroxylation is 1. The molecule has 0 radical (unpaired) electrons. The number of carbonyl (C=O) groups excluding carboxylic acids is 1. The lowest BCUT2D eigenvalue weighted by Gasteiger charge is -2.08. The van der Waals surface area contributed by atoms with Crippen LogP contribution < -0.4 is 5.32 Å². The number of nitrogens with one attached hydrogen (secondary N) is 1. The maximum Gasteiger partial charge on any atom is 0.295 e. The number of nitrogens with zero attached hydrogens (tertiary/aromatic N) is 3. The first-order chi connectivity index (χ1) is 14.4. The summed E-state index contributed by atoms with van der Waals surface area (Å²) < 4.78 is 14.9. The molecule has 1 aromatic heterocycles. The lowest BCUT2D eigenvalue weighted by atomic mass is 10.2. The number of halogens is 3. The van der Waals surface area contributed by atoms with Crippen LogP contribution in [-0.2, 0) is 0 Å². The van der Waals surface area contributed by atoms with Crippen molar-refractivity contribution in [2.75, 3.05) is 5.32 Å². The minimum Gasteiger partial charge on any atom is -0.318 e. The van der Waals surface area contributed by atoms with E-state index in [0.29, 0.717) is 32.8 Å². The summed E-state index contributed by atoms with van der Waals surface area (Å²) in [7, 11) is 0. The highest BCUT2D eigenvalue weighted by molar-refractivity contribution is 6.34. The maximum atomic E-state index is 13.4. The van der Waals surface area contributed by atoms with Crippen LogP contribution in [0.25, 0.3) is 17.1 Å². The molecule has 0 saturated heterocycles. The molecule has 0 atom stereocenters. The van der Waals surface area contributed by atoms with Crippen LogP contribution in [0.3, 0.4) is 0 Å². The average Bonchev–Trinajstić information content (AvgIpc) is 3.17. The standard InChI is InChI=1S/C22H15Cl2FN4O/c1-13-3-2-4-18(24)19(13)26-22(30)20-27-21(14-5-9-16(25)10-6-14)29(28-20)17-11-7-15(23)8-12-17/h2-12H,1H3,(H,26,30). The Bertz CT molecular complexity index is 1140. The number of amides is 1. The highest BCUT2D eigenvalue weighted by atomic mass is 35.5. The number of anilines is 1. The number of rotatable bonds is 4. The molecule has 0 aliphatic heterocycles. The molecule has 0 aliphatic rings. The molecule has 0 spiro atoms. The van der Waals surface area contributed by atoms with E-state index in [2.05, 4.69) is 15.4 Å². The van der Waals surface area contributed by atoms with Gasteiger partial charge >= 0.3 is 0 Å². The van der Waals surface area contributed by atoms with E-state index in [9.17, 15) is 9.18 Å². The summed E-state index contributed by atoms with van der Waals surface area (Å²) in [4.78, 5) is 17.3. The third kappa shape index (κ3) is 4.06. The second-order valence-corrected chi connectivity index (χ2v) is 7.38. The molecular weight excluding hydrogens is 426 g/mol. The molecule has 3 aromatic carbocycles. The summed E-state index contributed by atoms with van der Waals surface area (Å²) >= 11 is 12.2. The largest absolute Gasteiger partial charge is 0.318 e. The topological polar surface area (TPSA) is 59.8 Å². The van der Waals surface area contributed by atoms with Gasteiger partial charge in [0.1, 0.15) is 5.82 Å². The summed E-state index contributed by atoms with van der Waals surface area (Å²) in [5, 5.41) is 8.12. The highest BCUT2D eigenvalue weighted by Gasteiger charge is 2.20. The van der Waals surface area contributed by atoms with Crippen molar-refractivity contribution in [1.29, 1.82) is 0 Å². The van der Waals surface area contributed by atoms with Gasteiger partial charge in [-0.15, -0.1) is 5.10 Å². The predicted octanol–water partition coefficient (Wildman–Crippen LogP) is 5.94. The molecule has 0 aliphatic carbocycles. The zero-order valence-electron chi connectivity index (χ0n) is 15.7. The number of para-hydroxylation sites is 1. The van der Waals surface area contributed by atoms with Crippen molar-refractivity contribution in [3.8, 4) is 17.1 Å². The molecule has 1 amide bonds. The summed E-state index contributed by atoms with van der Waals surface area (Å²) in [5.41, 5.74) is 2.56. The van der Waals surface area contributed by atoms with E-state index in [1.165, 1.54) is 16.8 Å². The van der Waals surface area contributed by atoms with Crippen LogP contribution in [0.15, 0.2) is 66.7 Å². The molecule has 0 saturated carbocycles. The summed E-state index contributed by atoms with van der Waals surface area (Å²) in [6.45, 7) is 1.84. The van der Waals surface area contributed by atoms with Gasteiger partial charge in [0.05, 0.1) is 16.4 Å². The zero-order valence-corrected chi connectivity index (χ0v) is 17.2. The fourth-order valence-electron chi connectivity index (χ4n) is 2.92. The fraction of sp³-hybridized carbons (Fsp3) is 0.0455. The molecule has 5 nitrogen and oxygen atoms in total. The van der Waals surface area contributed by atoms with Gasteiger partial charge in [0.15, 0.2) is 5.82 Å². The van der Waals surface area contributed by atoms with Crippen LogP contribution in [0.4, 0.5) is 10.1 Å². The quantitative estimate of drug-likeness (QED) is 0.426. The van der Waals surface area contributed by atoms with Gasteiger partial charge in [0, 0.05) is 10.6 Å². The molecule has 4 aromatic rings. The number of carbonyl (C=O) groups is 1. The van der Waals surface area contributed by atoms with Crippen LogP contribution in [0, 0.1) is 12.7 Å². The van der Waals surface area contributed by atoms with Gasteiger partial charge in [0.25, 0.3) is 5.91 Å². The van der Waals surface area contributed by atoms with E-state index in [-0.39, 0.29) is 11.6 Å². The van der Waals surface area contributed by atoms with E-state index in [1.54, 1.807) is 48.5 Å². The predicted molar refractivity (Wildman–Crippen MR) is 116 cm³/mol. The van der Waals surface area contributed by atoms with Gasteiger partial charge < -0.3 is 5.32 Å². The number of hydrogen-bond donors (Lipinski definition) is 1. The van der Waals surface area contributed by atoms with Gasteiger partial charge in [-0.1, -0.05) is 35.3 Å². The van der Waals surface area contributed by atoms with E-state index in [1.807, 2.05) is 13.0 Å². The first-order valence-electron chi connectivity index (χ1n) is 8.98. The SMILES string of the molecule is Cc1cccc(Cl)c1NC(=O)c1nc(-c2ccc(F)cc2)n(-c2ccc(Cl)cc2)n1. The Balaban J connectivity index is 1.77. The Morgan fingerprint density at radius 2 is 1.70 bits per heavy atom. The molecule has 0 fully saturated rings. The smallest absolute Gasteiger partial charge is 0.295 e. The second-order valence-electron chi connectivity index (χ2n) is 6.54. The molecule has 1 heterocycles. The van der Waals surface area contributed by atoms with E-state index in [4.69, 9.17) is 23.2 Å². The Morgan fingerprint density at radius 3 is 2.37 bits per heavy atom. The monoisotopic (exact) mass is 440 g/mol. The van der Waals surface area contributed by atoms with E-state index in [0.717, 1.165) is 5.56 Å². The second kappa shape index (κ2) is 8.26. The van der Waals surface area contributed by atoms with E-state index >= 15 is 0 Å². The van der Waals surface area contributed by atoms with Crippen molar-refractivity contribution in [2.24, 2.45) is 0 Å². The van der Waals surface area contributed by atoms with Crippen molar-refractivity contribution in [2.45, 2.75) is 6.92 Å². The third-order valence-corrected chi connectivity index (χ3v) is 5.01. The summed E-state index contributed by atoms with van der Waals surface area (Å²) in [5.74, 6) is -0.548. The fourth-order valence-corrected chi connectivity index (χ4v) is 3.31. The Morgan fingerprint density at radius 1 is 1.00 bits per heavy atom. The molecule has 0 unspecified atom stereocenters. The van der Waals surface area contributed by atoms with Crippen LogP contribution >= 0.6 is 23.2 Å². The Kier molecular flexibility index (Phi) is 5.53. The minimum atomic E-state index is -0.512. The van der Waals surface area contributed by atoms with Gasteiger partial charge in [-0.3, -0.25) is 4.79 Å². The van der Waals surface area contributed by atoms with Crippen molar-refractivity contribution in [1.82, 2.24) is 14.8 Å². The Hall–Kier alpha value is -3.22. The lowest BCUT2D eigenvalue weighted by Crippen LogP contribution is -2.15. The van der Waals surface area contributed by atoms with Crippen LogP contribution in [0.2, 0.25) is 10.0 Å². The van der Waals surface area contributed by atoms with E-state index < -0.39 is 5.91 Å². The van der Waals surface area contributed by atoms with Crippen molar-refractivity contribution in [3.63, 3.8) is 0 Å². The number of aromatic nitrogens is 3. The molecule has 4 rings (SSSR count). The highest BCUT2D eigenvalue weighted by Crippen LogP contribution is 2.27. The normalized spacial score (nSPS) is 10.8. The summed E-state index contributed by atoms with van der Waals surface area (Å²) in [6, 6.07) is 18.0. The van der Waals surface area contributed by atoms with Gasteiger partial charge in [-0.25, -0.2) is 14.1 Å². The minimum absolute atomic E-state index is 0.0522. The van der Waals surface area contributed by atoms with Crippen molar-refractivity contribution < 1.29 is 9.18 Å². The zero-order chi connectivity index (χ0) is 21.3. The molecule has 150 valence electrons. The molecular formula is C22H15Cl2FN4O. The molecule has 30 heavy (non-hydrogen) atoms. The molecule has 1 N–H and O–H groups in total. The number of hydrogen-bond acceptors (Lipinski definition) is 3.